The summed E-state index contributed by atoms with van der Waals surface area (Å²) >= 11 is 0. The molecular formula is C16H20O5. The summed E-state index contributed by atoms with van der Waals surface area (Å²) in [6.07, 6.45) is 5.65. The van der Waals surface area contributed by atoms with Gasteiger partial charge in [0.1, 0.15) is 5.92 Å². The van der Waals surface area contributed by atoms with Crippen LogP contribution < -0.4 is 0 Å². The van der Waals surface area contributed by atoms with Crippen LogP contribution >= 0.6 is 0 Å². The van der Waals surface area contributed by atoms with E-state index in [2.05, 4.69) is 0 Å². The Bertz CT molecular complexity index is 553. The maximum Gasteiger partial charge on any atom is 0.334 e. The Balaban J connectivity index is 1.92. The molecule has 4 aliphatic rings. The highest BCUT2D eigenvalue weighted by atomic mass is 16.7. The molecule has 114 valence electrons. The van der Waals surface area contributed by atoms with Crippen LogP contribution in [0, 0.1) is 23.2 Å². The van der Waals surface area contributed by atoms with Crippen LogP contribution in [0.1, 0.15) is 25.7 Å². The molecule has 0 amide bonds. The summed E-state index contributed by atoms with van der Waals surface area (Å²) in [4.78, 5) is 25.3. The van der Waals surface area contributed by atoms with E-state index in [0.29, 0.717) is 12.2 Å². The maximum absolute atomic E-state index is 13.1. The van der Waals surface area contributed by atoms with E-state index in [-0.39, 0.29) is 17.6 Å². The number of hydrogen-bond donors (Lipinski definition) is 0. The monoisotopic (exact) mass is 292 g/mol. The third kappa shape index (κ3) is 1.35. The fraction of sp³-hybridized carbons (Fsp3) is 0.750. The minimum Gasteiger partial charge on any atom is -0.466 e. The normalized spacial score (nSPS) is 47.0. The molecule has 0 aromatic rings. The molecule has 3 aliphatic carbocycles. The molecule has 4 rings (SSSR count). The van der Waals surface area contributed by atoms with Gasteiger partial charge in [-0.1, -0.05) is 12.5 Å². The summed E-state index contributed by atoms with van der Waals surface area (Å²) in [7, 11) is 2.94. The van der Waals surface area contributed by atoms with Gasteiger partial charge >= 0.3 is 5.97 Å². The molecule has 5 atom stereocenters. The Morgan fingerprint density at radius 2 is 2.14 bits per heavy atom. The summed E-state index contributed by atoms with van der Waals surface area (Å²) in [6.45, 7) is 0.587. The molecule has 2 bridgehead atoms. The van der Waals surface area contributed by atoms with Crippen molar-refractivity contribution in [2.45, 2.75) is 31.5 Å². The minimum absolute atomic E-state index is 0.102. The van der Waals surface area contributed by atoms with Crippen molar-refractivity contribution in [3.05, 3.63) is 11.6 Å². The molecule has 0 unspecified atom stereocenters. The van der Waals surface area contributed by atoms with Gasteiger partial charge in [-0.2, -0.15) is 0 Å². The summed E-state index contributed by atoms with van der Waals surface area (Å²) in [5.41, 5.74) is -0.0325. The van der Waals surface area contributed by atoms with Crippen LogP contribution in [0.3, 0.4) is 0 Å². The standard InChI is InChI=1S/C16H20O5/c1-19-14(18)9-8-15-6-3-4-10(15)11-5-7-21-16(11,20-2)12(9)13(15)17/h8,10-12H,3-7H2,1-2H3/t10-,11+,12+,15+,16+/m1/s1. The van der Waals surface area contributed by atoms with E-state index in [1.165, 1.54) is 7.11 Å². The zero-order valence-electron chi connectivity index (χ0n) is 12.4. The molecule has 0 aromatic heterocycles. The molecule has 1 aliphatic heterocycles. The number of ether oxygens (including phenoxy) is 3. The van der Waals surface area contributed by atoms with Crippen molar-refractivity contribution >= 4 is 11.8 Å². The molecule has 1 spiro atoms. The van der Waals surface area contributed by atoms with E-state index in [4.69, 9.17) is 14.2 Å². The van der Waals surface area contributed by atoms with Gasteiger partial charge in [0.25, 0.3) is 0 Å². The van der Waals surface area contributed by atoms with Gasteiger partial charge < -0.3 is 14.2 Å². The van der Waals surface area contributed by atoms with Gasteiger partial charge in [0.15, 0.2) is 11.6 Å². The Morgan fingerprint density at radius 1 is 1.33 bits per heavy atom. The van der Waals surface area contributed by atoms with E-state index >= 15 is 0 Å². The molecule has 21 heavy (non-hydrogen) atoms. The second-order valence-corrected chi connectivity index (χ2v) is 6.60. The number of carbonyl (C=O) groups excluding carboxylic acids is 2. The lowest BCUT2D eigenvalue weighted by Crippen LogP contribution is -2.59. The summed E-state index contributed by atoms with van der Waals surface area (Å²) in [5, 5.41) is 0. The highest BCUT2D eigenvalue weighted by Crippen LogP contribution is 2.66. The smallest absolute Gasteiger partial charge is 0.334 e. The molecule has 5 heteroatoms. The van der Waals surface area contributed by atoms with E-state index in [9.17, 15) is 9.59 Å². The van der Waals surface area contributed by atoms with Crippen LogP contribution in [-0.4, -0.2) is 38.4 Å². The number of esters is 1. The first-order valence-corrected chi connectivity index (χ1v) is 7.65. The average Bonchev–Trinajstić information content (AvgIpc) is 3.16. The predicted octanol–water partition coefficient (Wildman–Crippen LogP) is 1.46. The fourth-order valence-corrected chi connectivity index (χ4v) is 5.40. The number of rotatable bonds is 2. The van der Waals surface area contributed by atoms with Crippen LogP contribution in [0.2, 0.25) is 0 Å². The first-order valence-electron chi connectivity index (χ1n) is 7.65. The number of fused-ring (bicyclic) bond motifs is 4. The zero-order chi connectivity index (χ0) is 14.8. The van der Waals surface area contributed by atoms with Crippen molar-refractivity contribution in [3.8, 4) is 0 Å². The van der Waals surface area contributed by atoms with Crippen molar-refractivity contribution in [1.82, 2.24) is 0 Å². The summed E-state index contributed by atoms with van der Waals surface area (Å²) in [6, 6.07) is 0. The summed E-state index contributed by atoms with van der Waals surface area (Å²) in [5.74, 6) is -1.51. The number of ketones is 1. The van der Waals surface area contributed by atoms with E-state index in [1.54, 1.807) is 7.11 Å². The number of hydrogen-bond acceptors (Lipinski definition) is 5. The first-order chi connectivity index (χ1) is 10.1. The number of allylic oxidation sites excluding steroid dienone is 1. The highest BCUT2D eigenvalue weighted by Gasteiger charge is 2.72. The second-order valence-electron chi connectivity index (χ2n) is 6.60. The molecule has 2 saturated carbocycles. The van der Waals surface area contributed by atoms with Gasteiger partial charge in [-0.25, -0.2) is 4.79 Å². The lowest BCUT2D eigenvalue weighted by Gasteiger charge is -2.48. The van der Waals surface area contributed by atoms with Crippen molar-refractivity contribution in [2.24, 2.45) is 23.2 Å². The molecule has 5 nitrogen and oxygen atoms in total. The van der Waals surface area contributed by atoms with E-state index < -0.39 is 23.1 Å². The second kappa shape index (κ2) is 4.17. The van der Waals surface area contributed by atoms with Gasteiger partial charge in [-0.3, -0.25) is 4.79 Å². The van der Waals surface area contributed by atoms with Gasteiger partial charge in [0.05, 0.1) is 24.7 Å². The maximum atomic E-state index is 13.1. The van der Waals surface area contributed by atoms with Crippen molar-refractivity contribution < 1.29 is 23.8 Å². The van der Waals surface area contributed by atoms with Crippen molar-refractivity contribution in [1.29, 1.82) is 0 Å². The third-order valence-electron chi connectivity index (χ3n) is 6.11. The molecule has 3 fully saturated rings. The molecule has 0 radical (unpaired) electrons. The number of Topliss-reactive ketones (excluding diaryl/α,β-unsaturated/α-hetero) is 1. The van der Waals surface area contributed by atoms with Crippen LogP contribution in [0.15, 0.2) is 11.6 Å². The van der Waals surface area contributed by atoms with Crippen LogP contribution in [0.5, 0.6) is 0 Å². The van der Waals surface area contributed by atoms with Crippen molar-refractivity contribution in [3.63, 3.8) is 0 Å². The van der Waals surface area contributed by atoms with Crippen LogP contribution in [0.4, 0.5) is 0 Å². The first kappa shape index (κ1) is 13.5. The van der Waals surface area contributed by atoms with Crippen LogP contribution in [0.25, 0.3) is 0 Å². The predicted molar refractivity (Wildman–Crippen MR) is 72.2 cm³/mol. The number of methoxy groups -OCH3 is 2. The molecular weight excluding hydrogens is 272 g/mol. The van der Waals surface area contributed by atoms with E-state index in [1.807, 2.05) is 6.08 Å². The van der Waals surface area contributed by atoms with E-state index in [0.717, 1.165) is 25.7 Å². The van der Waals surface area contributed by atoms with Gasteiger partial charge in [-0.05, 0) is 25.2 Å². The molecule has 0 N–H and O–H groups in total. The fourth-order valence-electron chi connectivity index (χ4n) is 5.40. The Kier molecular flexibility index (Phi) is 2.67. The minimum atomic E-state index is -0.966. The van der Waals surface area contributed by atoms with Gasteiger partial charge in [0.2, 0.25) is 0 Å². The highest BCUT2D eigenvalue weighted by molar-refractivity contribution is 6.07. The van der Waals surface area contributed by atoms with Crippen LogP contribution in [-0.2, 0) is 23.8 Å². The number of carbonyl (C=O) groups is 2. The Labute approximate surface area is 123 Å². The van der Waals surface area contributed by atoms with Crippen molar-refractivity contribution in [2.75, 3.05) is 20.8 Å². The summed E-state index contributed by atoms with van der Waals surface area (Å²) < 4.78 is 16.6. The van der Waals surface area contributed by atoms with Gasteiger partial charge in [0, 0.05) is 13.0 Å². The average molecular weight is 292 g/mol. The largest absolute Gasteiger partial charge is 0.466 e. The lowest BCUT2D eigenvalue weighted by atomic mass is 9.60. The zero-order valence-corrected chi connectivity index (χ0v) is 12.4. The molecule has 1 saturated heterocycles. The Hall–Kier alpha value is -1.20. The topological polar surface area (TPSA) is 61.8 Å². The lowest BCUT2D eigenvalue weighted by molar-refractivity contribution is -0.258. The quantitative estimate of drug-likeness (QED) is 0.721. The SMILES string of the molecule is COC(=O)C1=C[C@@]23CCC[C@@H]2[C@@H]2CCO[C@]2(OC)[C@@H]1C3=O. The van der Waals surface area contributed by atoms with Gasteiger partial charge in [-0.15, -0.1) is 0 Å². The Morgan fingerprint density at radius 3 is 2.86 bits per heavy atom. The molecule has 0 aromatic carbocycles. The molecule has 1 heterocycles. The third-order valence-corrected chi connectivity index (χ3v) is 6.11.